The fourth-order valence-electron chi connectivity index (χ4n) is 1.85. The molecule has 0 radical (unpaired) electrons. The second kappa shape index (κ2) is 5.20. The maximum absolute atomic E-state index is 5.36. The molecule has 0 amide bonds. The summed E-state index contributed by atoms with van der Waals surface area (Å²) in [5.41, 5.74) is 2.98. The predicted octanol–water partition coefficient (Wildman–Crippen LogP) is 2.74. The second-order valence-corrected chi connectivity index (χ2v) is 5.37. The standard InChI is InChI=1S/C13H20N4S/c1-9(2)16(4)7-8-17-12-11(15-13(17)18)6-5-10(3)14-12/h5-6,9H,7-8H2,1-4H3,(H,15,18). The highest BCUT2D eigenvalue weighted by atomic mass is 32.1. The number of pyridine rings is 1. The molecular formula is C13H20N4S. The molecule has 4 nitrogen and oxygen atoms in total. The molecule has 0 fully saturated rings. The molecule has 0 aliphatic carbocycles. The molecule has 0 aliphatic rings. The Balaban J connectivity index is 2.30. The average Bonchev–Trinajstić information content (AvgIpc) is 2.61. The zero-order valence-electron chi connectivity index (χ0n) is 11.4. The van der Waals surface area contributed by atoms with Crippen LogP contribution >= 0.6 is 12.2 Å². The van der Waals surface area contributed by atoms with Gasteiger partial charge in [-0.3, -0.25) is 0 Å². The van der Waals surface area contributed by atoms with E-state index < -0.39 is 0 Å². The van der Waals surface area contributed by atoms with Crippen molar-refractivity contribution in [3.8, 4) is 0 Å². The van der Waals surface area contributed by atoms with Crippen LogP contribution in [-0.4, -0.2) is 39.1 Å². The van der Waals surface area contributed by atoms with Gasteiger partial charge in [0, 0.05) is 24.8 Å². The van der Waals surface area contributed by atoms with Crippen molar-refractivity contribution in [3.63, 3.8) is 0 Å². The van der Waals surface area contributed by atoms with Crippen LogP contribution in [-0.2, 0) is 6.54 Å². The Bertz CT molecular complexity index is 597. The zero-order valence-corrected chi connectivity index (χ0v) is 12.2. The largest absolute Gasteiger partial charge is 0.329 e. The summed E-state index contributed by atoms with van der Waals surface area (Å²) in [5.74, 6) is 0. The zero-order chi connectivity index (χ0) is 13.3. The number of rotatable bonds is 4. The molecule has 0 bridgehead atoms. The van der Waals surface area contributed by atoms with Crippen molar-refractivity contribution in [2.75, 3.05) is 13.6 Å². The molecule has 0 aromatic carbocycles. The van der Waals surface area contributed by atoms with Crippen LogP contribution in [0.2, 0.25) is 0 Å². The Hall–Kier alpha value is -1.20. The van der Waals surface area contributed by atoms with Crippen LogP contribution in [0.25, 0.3) is 11.2 Å². The van der Waals surface area contributed by atoms with E-state index in [1.165, 1.54) is 0 Å². The van der Waals surface area contributed by atoms with Crippen LogP contribution in [0.5, 0.6) is 0 Å². The van der Waals surface area contributed by atoms with Gasteiger partial charge in [0.1, 0.15) is 0 Å². The number of imidazole rings is 1. The molecular weight excluding hydrogens is 244 g/mol. The number of aromatic amines is 1. The van der Waals surface area contributed by atoms with Crippen LogP contribution < -0.4 is 0 Å². The van der Waals surface area contributed by atoms with E-state index in [9.17, 15) is 0 Å². The Labute approximate surface area is 113 Å². The van der Waals surface area contributed by atoms with Crippen LogP contribution in [0.1, 0.15) is 19.5 Å². The fourth-order valence-corrected chi connectivity index (χ4v) is 2.14. The molecule has 2 heterocycles. The minimum absolute atomic E-state index is 0.541. The van der Waals surface area contributed by atoms with Crippen molar-refractivity contribution in [1.82, 2.24) is 19.4 Å². The molecule has 98 valence electrons. The summed E-state index contributed by atoms with van der Waals surface area (Å²) in [6.07, 6.45) is 0. The summed E-state index contributed by atoms with van der Waals surface area (Å²) in [7, 11) is 2.13. The molecule has 0 aliphatic heterocycles. The van der Waals surface area contributed by atoms with Crippen molar-refractivity contribution in [2.45, 2.75) is 33.4 Å². The summed E-state index contributed by atoms with van der Waals surface area (Å²) < 4.78 is 2.83. The number of aryl methyl sites for hydroxylation is 1. The number of hydrogen-bond donors (Lipinski definition) is 1. The lowest BCUT2D eigenvalue weighted by molar-refractivity contribution is 0.263. The van der Waals surface area contributed by atoms with Crippen LogP contribution in [0.4, 0.5) is 0 Å². The molecule has 0 unspecified atom stereocenters. The van der Waals surface area contributed by atoms with Gasteiger partial charge in [-0.25, -0.2) is 4.98 Å². The van der Waals surface area contributed by atoms with Gasteiger partial charge in [-0.15, -0.1) is 0 Å². The van der Waals surface area contributed by atoms with E-state index in [-0.39, 0.29) is 0 Å². The lowest BCUT2D eigenvalue weighted by Gasteiger charge is -2.21. The van der Waals surface area contributed by atoms with E-state index in [0.29, 0.717) is 6.04 Å². The number of aromatic nitrogens is 3. The van der Waals surface area contributed by atoms with Gasteiger partial charge in [-0.05, 0) is 52.2 Å². The van der Waals surface area contributed by atoms with Gasteiger partial charge in [0.25, 0.3) is 0 Å². The quantitative estimate of drug-likeness (QED) is 0.863. The summed E-state index contributed by atoms with van der Waals surface area (Å²) in [5, 5.41) is 0. The third-order valence-electron chi connectivity index (χ3n) is 3.31. The summed E-state index contributed by atoms with van der Waals surface area (Å²) in [6.45, 7) is 8.21. The lowest BCUT2D eigenvalue weighted by atomic mass is 10.3. The normalized spacial score (nSPS) is 11.9. The number of hydrogen-bond acceptors (Lipinski definition) is 3. The molecule has 2 aromatic rings. The Morgan fingerprint density at radius 1 is 1.44 bits per heavy atom. The van der Waals surface area contributed by atoms with E-state index in [1.807, 2.05) is 19.1 Å². The SMILES string of the molecule is Cc1ccc2[nH]c(=S)n(CCN(C)C(C)C)c2n1. The monoisotopic (exact) mass is 264 g/mol. The second-order valence-electron chi connectivity index (χ2n) is 4.98. The van der Waals surface area contributed by atoms with Crippen LogP contribution in [0.15, 0.2) is 12.1 Å². The van der Waals surface area contributed by atoms with Gasteiger partial charge in [-0.1, -0.05) is 0 Å². The Morgan fingerprint density at radius 3 is 2.83 bits per heavy atom. The molecule has 1 N–H and O–H groups in total. The third-order valence-corrected chi connectivity index (χ3v) is 3.64. The van der Waals surface area contributed by atoms with Gasteiger partial charge in [0.05, 0.1) is 5.52 Å². The maximum Gasteiger partial charge on any atom is 0.179 e. The maximum atomic E-state index is 5.36. The van der Waals surface area contributed by atoms with Crippen molar-refractivity contribution in [3.05, 3.63) is 22.6 Å². The lowest BCUT2D eigenvalue weighted by Crippen LogP contribution is -2.29. The highest BCUT2D eigenvalue weighted by molar-refractivity contribution is 7.71. The molecule has 0 saturated carbocycles. The van der Waals surface area contributed by atoms with Crippen LogP contribution in [0.3, 0.4) is 0 Å². The highest BCUT2D eigenvalue weighted by Crippen LogP contribution is 2.12. The first-order valence-corrected chi connectivity index (χ1v) is 6.66. The molecule has 0 saturated heterocycles. The minimum atomic E-state index is 0.541. The van der Waals surface area contributed by atoms with Gasteiger partial charge < -0.3 is 14.5 Å². The number of nitrogens with one attached hydrogen (secondary N) is 1. The third kappa shape index (κ3) is 2.62. The van der Waals surface area contributed by atoms with Gasteiger partial charge in [0.15, 0.2) is 10.4 Å². The van der Waals surface area contributed by atoms with Gasteiger partial charge in [0.2, 0.25) is 0 Å². The van der Waals surface area contributed by atoms with Crippen molar-refractivity contribution >= 4 is 23.4 Å². The number of likely N-dealkylation sites (N-methyl/N-ethyl adjacent to an activating group) is 1. The summed E-state index contributed by atoms with van der Waals surface area (Å²) in [6, 6.07) is 4.58. The molecule has 0 atom stereocenters. The van der Waals surface area contributed by atoms with Crippen molar-refractivity contribution < 1.29 is 0 Å². The average molecular weight is 264 g/mol. The fraction of sp³-hybridized carbons (Fsp3) is 0.538. The smallest absolute Gasteiger partial charge is 0.179 e. The molecule has 5 heteroatoms. The minimum Gasteiger partial charge on any atom is -0.329 e. The first-order valence-electron chi connectivity index (χ1n) is 6.25. The summed E-state index contributed by atoms with van der Waals surface area (Å²) in [4.78, 5) is 10.1. The first kappa shape index (κ1) is 13.2. The van der Waals surface area contributed by atoms with Crippen molar-refractivity contribution in [1.29, 1.82) is 0 Å². The Kier molecular flexibility index (Phi) is 3.82. The van der Waals surface area contributed by atoms with Crippen LogP contribution in [0, 0.1) is 11.7 Å². The van der Waals surface area contributed by atoms with E-state index >= 15 is 0 Å². The number of H-pyrrole nitrogens is 1. The molecule has 2 aromatic heterocycles. The van der Waals surface area contributed by atoms with E-state index in [4.69, 9.17) is 12.2 Å². The van der Waals surface area contributed by atoms with E-state index in [1.54, 1.807) is 0 Å². The van der Waals surface area contributed by atoms with Crippen molar-refractivity contribution in [2.24, 2.45) is 0 Å². The topological polar surface area (TPSA) is 36.9 Å². The van der Waals surface area contributed by atoms with E-state index in [0.717, 1.165) is 34.7 Å². The van der Waals surface area contributed by atoms with Gasteiger partial charge >= 0.3 is 0 Å². The molecule has 0 spiro atoms. The first-order chi connectivity index (χ1) is 8.49. The highest BCUT2D eigenvalue weighted by Gasteiger charge is 2.08. The number of nitrogens with zero attached hydrogens (tertiary/aromatic N) is 3. The Morgan fingerprint density at radius 2 is 2.17 bits per heavy atom. The van der Waals surface area contributed by atoms with Gasteiger partial charge in [-0.2, -0.15) is 0 Å². The molecule has 18 heavy (non-hydrogen) atoms. The molecule has 2 rings (SSSR count). The predicted molar refractivity (Wildman–Crippen MR) is 77.4 cm³/mol. The summed E-state index contributed by atoms with van der Waals surface area (Å²) >= 11 is 5.36. The number of fused-ring (bicyclic) bond motifs is 1. The van der Waals surface area contributed by atoms with E-state index in [2.05, 4.69) is 40.3 Å².